The zero-order valence-corrected chi connectivity index (χ0v) is 11.9. The van der Waals surface area contributed by atoms with Gasteiger partial charge in [-0.2, -0.15) is 0 Å². The number of rotatable bonds is 3. The third-order valence-corrected chi connectivity index (χ3v) is 3.75. The van der Waals surface area contributed by atoms with Crippen LogP contribution in [-0.2, 0) is 6.54 Å². The molecule has 1 aromatic heterocycles. The van der Waals surface area contributed by atoms with Crippen LogP contribution in [0.15, 0.2) is 18.3 Å². The van der Waals surface area contributed by atoms with Crippen LogP contribution >= 0.6 is 0 Å². The Balaban J connectivity index is 1.79. The number of imidazole rings is 1. The highest BCUT2D eigenvalue weighted by Crippen LogP contribution is 2.24. The van der Waals surface area contributed by atoms with E-state index in [2.05, 4.69) is 20.2 Å². The molecule has 1 aromatic carbocycles. The first kappa shape index (κ1) is 14.2. The summed E-state index contributed by atoms with van der Waals surface area (Å²) < 4.78 is 27.6. The summed E-state index contributed by atoms with van der Waals surface area (Å²) in [6, 6.07) is 2.42. The Morgan fingerprint density at radius 2 is 1.95 bits per heavy atom. The van der Waals surface area contributed by atoms with Crippen molar-refractivity contribution < 1.29 is 8.78 Å². The van der Waals surface area contributed by atoms with Gasteiger partial charge in [0.05, 0.1) is 18.4 Å². The molecule has 0 amide bonds. The van der Waals surface area contributed by atoms with E-state index in [0.29, 0.717) is 17.8 Å². The maximum absolute atomic E-state index is 14.0. The lowest BCUT2D eigenvalue weighted by Gasteiger charge is -2.26. The van der Waals surface area contributed by atoms with Crippen molar-refractivity contribution >= 4 is 0 Å². The molecule has 0 atom stereocenters. The molecule has 2 heterocycles. The van der Waals surface area contributed by atoms with Crippen molar-refractivity contribution in [2.45, 2.75) is 13.5 Å². The van der Waals surface area contributed by atoms with Crippen LogP contribution in [0.2, 0.25) is 0 Å². The molecule has 0 unspecified atom stereocenters. The minimum atomic E-state index is -0.439. The van der Waals surface area contributed by atoms with Crippen molar-refractivity contribution in [3.05, 3.63) is 41.4 Å². The fourth-order valence-corrected chi connectivity index (χ4v) is 2.51. The number of aryl methyl sites for hydroxylation is 1. The van der Waals surface area contributed by atoms with E-state index in [4.69, 9.17) is 0 Å². The molecule has 21 heavy (non-hydrogen) atoms. The summed E-state index contributed by atoms with van der Waals surface area (Å²) in [6.45, 7) is 6.09. The number of benzene rings is 1. The molecule has 0 spiro atoms. The summed E-state index contributed by atoms with van der Waals surface area (Å²) >= 11 is 0. The highest BCUT2D eigenvalue weighted by Gasteiger charge is 2.14. The molecule has 6 heteroatoms. The Labute approximate surface area is 122 Å². The third kappa shape index (κ3) is 3.11. The number of piperazine rings is 1. The molecule has 0 aliphatic carbocycles. The van der Waals surface area contributed by atoms with Crippen molar-refractivity contribution in [2.75, 3.05) is 26.2 Å². The van der Waals surface area contributed by atoms with Gasteiger partial charge in [0, 0.05) is 31.7 Å². The van der Waals surface area contributed by atoms with Gasteiger partial charge in [0.1, 0.15) is 17.5 Å². The van der Waals surface area contributed by atoms with Gasteiger partial charge >= 0.3 is 0 Å². The van der Waals surface area contributed by atoms with Crippen LogP contribution in [0.4, 0.5) is 8.78 Å². The molecule has 1 aliphatic heterocycles. The molecule has 0 bridgehead atoms. The van der Waals surface area contributed by atoms with E-state index in [1.54, 1.807) is 13.1 Å². The number of nitrogens with zero attached hydrogens (tertiary/aromatic N) is 2. The second-order valence-electron chi connectivity index (χ2n) is 5.35. The monoisotopic (exact) mass is 292 g/mol. The van der Waals surface area contributed by atoms with E-state index in [-0.39, 0.29) is 5.56 Å². The molecule has 2 aromatic rings. The fraction of sp³-hybridized carbons (Fsp3) is 0.400. The smallest absolute Gasteiger partial charge is 0.133 e. The van der Waals surface area contributed by atoms with Gasteiger partial charge < -0.3 is 10.3 Å². The normalized spacial score (nSPS) is 16.3. The van der Waals surface area contributed by atoms with Crippen molar-refractivity contribution in [2.24, 2.45) is 0 Å². The SMILES string of the molecule is Cc1cc(F)c(-c2cnc(CN3CCNCC3)[nH]2)cc1F. The van der Waals surface area contributed by atoms with Crippen LogP contribution in [0.5, 0.6) is 0 Å². The molecule has 0 radical (unpaired) electrons. The van der Waals surface area contributed by atoms with E-state index in [9.17, 15) is 8.78 Å². The molecule has 4 nitrogen and oxygen atoms in total. The predicted molar refractivity (Wildman–Crippen MR) is 76.8 cm³/mol. The zero-order chi connectivity index (χ0) is 14.8. The number of hydrogen-bond donors (Lipinski definition) is 2. The van der Waals surface area contributed by atoms with Gasteiger partial charge in [-0.05, 0) is 24.6 Å². The van der Waals surface area contributed by atoms with E-state index < -0.39 is 11.6 Å². The van der Waals surface area contributed by atoms with E-state index >= 15 is 0 Å². The summed E-state index contributed by atoms with van der Waals surface area (Å²) in [5.74, 6) is -0.0804. The van der Waals surface area contributed by atoms with Crippen molar-refractivity contribution in [1.29, 1.82) is 0 Å². The summed E-state index contributed by atoms with van der Waals surface area (Å²) in [7, 11) is 0. The lowest BCUT2D eigenvalue weighted by atomic mass is 10.1. The number of hydrogen-bond acceptors (Lipinski definition) is 3. The molecular formula is C15H18F2N4. The van der Waals surface area contributed by atoms with Crippen LogP contribution < -0.4 is 5.32 Å². The minimum Gasteiger partial charge on any atom is -0.341 e. The largest absolute Gasteiger partial charge is 0.341 e. The number of aromatic nitrogens is 2. The molecule has 1 saturated heterocycles. The van der Waals surface area contributed by atoms with E-state index in [1.165, 1.54) is 12.1 Å². The third-order valence-electron chi connectivity index (χ3n) is 3.75. The standard InChI is InChI=1S/C15H18F2N4/c1-10-6-13(17)11(7-12(10)16)14-8-19-15(20-14)9-21-4-2-18-3-5-21/h6-8,18H,2-5,9H2,1H3,(H,19,20). The molecule has 112 valence electrons. The average molecular weight is 292 g/mol. The number of nitrogens with one attached hydrogen (secondary N) is 2. The van der Waals surface area contributed by atoms with Gasteiger partial charge in [-0.3, -0.25) is 4.90 Å². The summed E-state index contributed by atoms with van der Waals surface area (Å²) in [6.07, 6.45) is 1.56. The maximum Gasteiger partial charge on any atom is 0.133 e. The topological polar surface area (TPSA) is 44.0 Å². The van der Waals surface area contributed by atoms with Gasteiger partial charge in [-0.1, -0.05) is 0 Å². The number of halogens is 2. The van der Waals surface area contributed by atoms with Gasteiger partial charge in [0.2, 0.25) is 0 Å². The van der Waals surface area contributed by atoms with Gasteiger partial charge in [-0.15, -0.1) is 0 Å². The Bertz CT molecular complexity index is 633. The lowest BCUT2D eigenvalue weighted by molar-refractivity contribution is 0.228. The van der Waals surface area contributed by atoms with Crippen LogP contribution in [-0.4, -0.2) is 41.0 Å². The average Bonchev–Trinajstić information content (AvgIpc) is 2.92. The highest BCUT2D eigenvalue weighted by atomic mass is 19.1. The Hall–Kier alpha value is -1.79. The molecular weight excluding hydrogens is 274 g/mol. The summed E-state index contributed by atoms with van der Waals surface area (Å²) in [5.41, 5.74) is 1.03. The summed E-state index contributed by atoms with van der Waals surface area (Å²) in [5, 5.41) is 3.29. The van der Waals surface area contributed by atoms with Crippen molar-refractivity contribution in [3.63, 3.8) is 0 Å². The highest BCUT2D eigenvalue weighted by molar-refractivity contribution is 5.60. The van der Waals surface area contributed by atoms with Crippen molar-refractivity contribution in [3.8, 4) is 11.3 Å². The molecule has 1 fully saturated rings. The first-order valence-electron chi connectivity index (χ1n) is 7.06. The fourth-order valence-electron chi connectivity index (χ4n) is 2.51. The zero-order valence-electron chi connectivity index (χ0n) is 11.9. The molecule has 2 N–H and O–H groups in total. The molecule has 3 rings (SSSR count). The van der Waals surface area contributed by atoms with Crippen molar-refractivity contribution in [1.82, 2.24) is 20.2 Å². The second-order valence-corrected chi connectivity index (χ2v) is 5.35. The second kappa shape index (κ2) is 5.91. The maximum atomic E-state index is 14.0. The quantitative estimate of drug-likeness (QED) is 0.910. The van der Waals surface area contributed by atoms with Gasteiger partial charge in [0.25, 0.3) is 0 Å². The van der Waals surface area contributed by atoms with E-state index in [0.717, 1.165) is 32.0 Å². The molecule has 0 saturated carbocycles. The Kier molecular flexibility index (Phi) is 3.98. The lowest BCUT2D eigenvalue weighted by Crippen LogP contribution is -2.43. The van der Waals surface area contributed by atoms with Crippen LogP contribution in [0.1, 0.15) is 11.4 Å². The number of aromatic amines is 1. The first-order valence-corrected chi connectivity index (χ1v) is 7.06. The predicted octanol–water partition coefficient (Wildman–Crippen LogP) is 2.07. The van der Waals surface area contributed by atoms with Crippen LogP contribution in [0, 0.1) is 18.6 Å². The van der Waals surface area contributed by atoms with E-state index in [1.807, 2.05) is 0 Å². The Morgan fingerprint density at radius 1 is 1.19 bits per heavy atom. The van der Waals surface area contributed by atoms with Crippen LogP contribution in [0.25, 0.3) is 11.3 Å². The minimum absolute atomic E-state index is 0.220. The van der Waals surface area contributed by atoms with Crippen LogP contribution in [0.3, 0.4) is 0 Å². The number of H-pyrrole nitrogens is 1. The Morgan fingerprint density at radius 3 is 2.71 bits per heavy atom. The molecule has 1 aliphatic rings. The van der Waals surface area contributed by atoms with Gasteiger partial charge in [-0.25, -0.2) is 13.8 Å². The summed E-state index contributed by atoms with van der Waals surface area (Å²) in [4.78, 5) is 9.63. The first-order chi connectivity index (χ1) is 10.1. The van der Waals surface area contributed by atoms with Gasteiger partial charge in [0.15, 0.2) is 0 Å².